The summed E-state index contributed by atoms with van der Waals surface area (Å²) in [5, 5.41) is 0. The minimum atomic E-state index is -4.34. The molecule has 0 aliphatic heterocycles. The zero-order valence-corrected chi connectivity index (χ0v) is 11.4. The Morgan fingerprint density at radius 2 is 2.05 bits per heavy atom. The molecule has 0 spiro atoms. The van der Waals surface area contributed by atoms with E-state index in [0.29, 0.717) is 13.0 Å². The summed E-state index contributed by atoms with van der Waals surface area (Å²) in [6, 6.07) is -0.898. The molecule has 3 N–H and O–H groups in total. The molecule has 19 heavy (non-hydrogen) atoms. The highest BCUT2D eigenvalue weighted by Gasteiger charge is 2.41. The molecule has 0 saturated heterocycles. The van der Waals surface area contributed by atoms with Gasteiger partial charge in [-0.25, -0.2) is 13.1 Å². The van der Waals surface area contributed by atoms with Crippen molar-refractivity contribution in [3.05, 3.63) is 0 Å². The van der Waals surface area contributed by atoms with Crippen molar-refractivity contribution in [3.8, 4) is 0 Å². The van der Waals surface area contributed by atoms with E-state index in [2.05, 4.69) is 4.72 Å². The van der Waals surface area contributed by atoms with Crippen molar-refractivity contribution in [1.29, 1.82) is 0 Å². The summed E-state index contributed by atoms with van der Waals surface area (Å²) in [6.45, 7) is 2.21. The van der Waals surface area contributed by atoms with Crippen LogP contribution >= 0.6 is 0 Å². The van der Waals surface area contributed by atoms with Crippen molar-refractivity contribution < 1.29 is 26.3 Å². The van der Waals surface area contributed by atoms with Crippen LogP contribution in [0.4, 0.5) is 13.2 Å². The van der Waals surface area contributed by atoms with E-state index in [1.165, 1.54) is 0 Å². The van der Waals surface area contributed by atoms with E-state index in [1.54, 1.807) is 6.92 Å². The van der Waals surface area contributed by atoms with Crippen LogP contribution in [0.25, 0.3) is 0 Å². The van der Waals surface area contributed by atoms with Crippen molar-refractivity contribution in [1.82, 2.24) is 4.72 Å². The molecule has 0 aromatic rings. The molecule has 1 aliphatic rings. The SMILES string of the molecule is CCOC1CC(N)C1NS(=O)(=O)CCCC(F)(F)F. The maximum Gasteiger partial charge on any atom is 0.389 e. The van der Waals surface area contributed by atoms with Gasteiger partial charge in [-0.2, -0.15) is 13.2 Å². The Balaban J connectivity index is 2.41. The van der Waals surface area contributed by atoms with E-state index >= 15 is 0 Å². The molecule has 5 nitrogen and oxygen atoms in total. The molecule has 0 amide bonds. The molecule has 1 aliphatic carbocycles. The predicted octanol–water partition coefficient (Wildman–Crippen LogP) is 0.753. The second-order valence-corrected chi connectivity index (χ2v) is 6.45. The monoisotopic (exact) mass is 304 g/mol. The normalized spacial score (nSPS) is 28.2. The molecule has 1 rings (SSSR count). The fourth-order valence-electron chi connectivity index (χ4n) is 1.92. The van der Waals surface area contributed by atoms with E-state index in [4.69, 9.17) is 10.5 Å². The molecule has 0 aromatic carbocycles. The van der Waals surface area contributed by atoms with E-state index in [1.807, 2.05) is 0 Å². The van der Waals surface area contributed by atoms with Crippen LogP contribution in [0.1, 0.15) is 26.2 Å². The second kappa shape index (κ2) is 6.38. The van der Waals surface area contributed by atoms with Gasteiger partial charge in [0.15, 0.2) is 0 Å². The van der Waals surface area contributed by atoms with Crippen molar-refractivity contribution in [2.45, 2.75) is 50.6 Å². The summed E-state index contributed by atoms with van der Waals surface area (Å²) in [6.07, 6.45) is -5.66. The molecular formula is C10H19F3N2O3S. The van der Waals surface area contributed by atoms with Crippen LogP contribution in [0.5, 0.6) is 0 Å². The summed E-state index contributed by atoms with van der Waals surface area (Å²) in [5.41, 5.74) is 5.66. The van der Waals surface area contributed by atoms with E-state index < -0.39 is 40.8 Å². The zero-order chi connectivity index (χ0) is 14.7. The lowest BCUT2D eigenvalue weighted by Crippen LogP contribution is -2.64. The zero-order valence-electron chi connectivity index (χ0n) is 10.6. The van der Waals surface area contributed by atoms with Gasteiger partial charge in [-0.1, -0.05) is 0 Å². The van der Waals surface area contributed by atoms with Crippen LogP contribution in [0.3, 0.4) is 0 Å². The topological polar surface area (TPSA) is 81.4 Å². The first-order valence-corrected chi connectivity index (χ1v) is 7.74. The number of hydrogen-bond donors (Lipinski definition) is 2. The third kappa shape index (κ3) is 5.64. The molecule has 1 fully saturated rings. The number of hydrogen-bond acceptors (Lipinski definition) is 4. The largest absolute Gasteiger partial charge is 0.389 e. The van der Waals surface area contributed by atoms with Crippen LogP contribution < -0.4 is 10.5 Å². The quantitative estimate of drug-likeness (QED) is 0.727. The fourth-order valence-corrected chi connectivity index (χ4v) is 3.30. The first kappa shape index (κ1) is 16.7. The summed E-state index contributed by atoms with van der Waals surface area (Å²) in [7, 11) is -3.76. The van der Waals surface area contributed by atoms with Gasteiger partial charge in [-0.15, -0.1) is 0 Å². The number of rotatable bonds is 7. The van der Waals surface area contributed by atoms with Gasteiger partial charge in [-0.3, -0.25) is 0 Å². The summed E-state index contributed by atoms with van der Waals surface area (Å²) in [5.74, 6) is -0.561. The maximum absolute atomic E-state index is 11.9. The highest BCUT2D eigenvalue weighted by atomic mass is 32.2. The minimum Gasteiger partial charge on any atom is -0.377 e. The number of nitrogens with one attached hydrogen (secondary N) is 1. The average molecular weight is 304 g/mol. The number of halogens is 3. The Kier molecular flexibility index (Phi) is 5.60. The van der Waals surface area contributed by atoms with Gasteiger partial charge in [0.1, 0.15) is 0 Å². The molecule has 3 unspecified atom stereocenters. The molecule has 114 valence electrons. The Hall–Kier alpha value is -0.380. The van der Waals surface area contributed by atoms with E-state index in [-0.39, 0.29) is 12.1 Å². The van der Waals surface area contributed by atoms with Crippen LogP contribution in [-0.2, 0) is 14.8 Å². The molecule has 1 saturated carbocycles. The molecule has 0 bridgehead atoms. The van der Waals surface area contributed by atoms with Crippen LogP contribution in [0.15, 0.2) is 0 Å². The minimum absolute atomic E-state index is 0.294. The lowest BCUT2D eigenvalue weighted by atomic mass is 9.84. The van der Waals surface area contributed by atoms with Crippen molar-refractivity contribution >= 4 is 10.0 Å². The van der Waals surface area contributed by atoms with Gasteiger partial charge in [0.2, 0.25) is 10.0 Å². The Morgan fingerprint density at radius 1 is 1.42 bits per heavy atom. The lowest BCUT2D eigenvalue weighted by Gasteiger charge is -2.42. The molecule has 3 atom stereocenters. The number of sulfonamides is 1. The van der Waals surface area contributed by atoms with Gasteiger partial charge in [0, 0.05) is 19.1 Å². The molecular weight excluding hydrogens is 285 g/mol. The van der Waals surface area contributed by atoms with Gasteiger partial charge in [0.25, 0.3) is 0 Å². The number of nitrogens with two attached hydrogens (primary N) is 1. The Morgan fingerprint density at radius 3 is 2.53 bits per heavy atom. The first-order chi connectivity index (χ1) is 8.64. The lowest BCUT2D eigenvalue weighted by molar-refractivity contribution is -0.134. The third-order valence-corrected chi connectivity index (χ3v) is 4.39. The third-order valence-electron chi connectivity index (χ3n) is 2.94. The summed E-state index contributed by atoms with van der Waals surface area (Å²) in [4.78, 5) is 0. The molecule has 9 heteroatoms. The highest BCUT2D eigenvalue weighted by Crippen LogP contribution is 2.24. The van der Waals surface area contributed by atoms with E-state index in [9.17, 15) is 21.6 Å². The van der Waals surface area contributed by atoms with Crippen molar-refractivity contribution in [2.75, 3.05) is 12.4 Å². The molecule has 0 aromatic heterocycles. The first-order valence-electron chi connectivity index (χ1n) is 6.08. The highest BCUT2D eigenvalue weighted by molar-refractivity contribution is 7.89. The van der Waals surface area contributed by atoms with E-state index in [0.717, 1.165) is 0 Å². The van der Waals surface area contributed by atoms with Crippen molar-refractivity contribution in [2.24, 2.45) is 5.73 Å². The van der Waals surface area contributed by atoms with Gasteiger partial charge >= 0.3 is 6.18 Å². The molecule has 0 radical (unpaired) electrons. The second-order valence-electron chi connectivity index (χ2n) is 4.57. The summed E-state index contributed by atoms with van der Waals surface area (Å²) >= 11 is 0. The number of ether oxygens (including phenoxy) is 1. The van der Waals surface area contributed by atoms with Crippen LogP contribution in [0, 0.1) is 0 Å². The smallest absolute Gasteiger partial charge is 0.377 e. The number of alkyl halides is 3. The average Bonchev–Trinajstić information content (AvgIpc) is 2.24. The van der Waals surface area contributed by atoms with Crippen molar-refractivity contribution in [3.63, 3.8) is 0 Å². The predicted molar refractivity (Wildman–Crippen MR) is 64.0 cm³/mol. The van der Waals surface area contributed by atoms with Gasteiger partial charge in [0.05, 0.1) is 17.9 Å². The van der Waals surface area contributed by atoms with Gasteiger partial charge < -0.3 is 10.5 Å². The maximum atomic E-state index is 11.9. The standard InChI is InChI=1S/C10H19F3N2O3S/c1-2-18-8-6-7(14)9(8)15-19(16,17)5-3-4-10(11,12)13/h7-9,15H,2-6,14H2,1H3. The van der Waals surface area contributed by atoms with Crippen LogP contribution in [0.2, 0.25) is 0 Å². The fraction of sp³-hybridized carbons (Fsp3) is 1.00. The Bertz CT molecular complexity index is 384. The molecule has 0 heterocycles. The Labute approximate surface area is 110 Å². The van der Waals surface area contributed by atoms with Gasteiger partial charge in [-0.05, 0) is 19.8 Å². The summed E-state index contributed by atoms with van der Waals surface area (Å²) < 4.78 is 66.7. The van der Waals surface area contributed by atoms with Crippen LogP contribution in [-0.4, -0.2) is 45.1 Å².